The molecule has 138 valence electrons. The lowest BCUT2D eigenvalue weighted by atomic mass is 10.1. The molecule has 5 nitrogen and oxygen atoms in total. The van der Waals surface area contributed by atoms with Crippen molar-refractivity contribution >= 4 is 11.7 Å². The number of ether oxygens (including phenoxy) is 2. The van der Waals surface area contributed by atoms with E-state index < -0.39 is 5.82 Å². The summed E-state index contributed by atoms with van der Waals surface area (Å²) in [6, 6.07) is 12.6. The molecule has 26 heavy (non-hydrogen) atoms. The highest BCUT2D eigenvalue weighted by Crippen LogP contribution is 2.26. The molecule has 0 aliphatic heterocycles. The molecule has 2 rings (SSSR count). The van der Waals surface area contributed by atoms with Crippen LogP contribution in [0.1, 0.15) is 30.1 Å². The molecule has 0 fully saturated rings. The molecule has 0 aliphatic rings. The molecule has 1 amide bonds. The van der Waals surface area contributed by atoms with E-state index in [9.17, 15) is 14.0 Å². The van der Waals surface area contributed by atoms with Gasteiger partial charge in [0.2, 0.25) is 5.91 Å². The van der Waals surface area contributed by atoms with Crippen molar-refractivity contribution < 1.29 is 23.5 Å². The van der Waals surface area contributed by atoms with Crippen LogP contribution in [-0.2, 0) is 4.79 Å². The van der Waals surface area contributed by atoms with Crippen LogP contribution in [0.5, 0.6) is 11.5 Å². The van der Waals surface area contributed by atoms with Gasteiger partial charge in [0, 0.05) is 18.4 Å². The van der Waals surface area contributed by atoms with Crippen LogP contribution in [0.2, 0.25) is 0 Å². The summed E-state index contributed by atoms with van der Waals surface area (Å²) < 4.78 is 23.9. The first-order valence-electron chi connectivity index (χ1n) is 8.50. The molecule has 0 aromatic heterocycles. The lowest BCUT2D eigenvalue weighted by Gasteiger charge is -2.12. The Labute approximate surface area is 152 Å². The number of Topliss-reactive ketones (excluding diaryl/α,β-unsaturated/α-hetero) is 1. The molecule has 2 aromatic carbocycles. The van der Waals surface area contributed by atoms with Gasteiger partial charge < -0.3 is 14.8 Å². The molecule has 0 heterocycles. The molecule has 0 unspecified atom stereocenters. The van der Waals surface area contributed by atoms with Gasteiger partial charge in [-0.3, -0.25) is 9.59 Å². The Morgan fingerprint density at radius 3 is 2.27 bits per heavy atom. The van der Waals surface area contributed by atoms with Gasteiger partial charge in [0.1, 0.15) is 12.4 Å². The fourth-order valence-electron chi connectivity index (χ4n) is 2.29. The van der Waals surface area contributed by atoms with Crippen molar-refractivity contribution in [3.63, 3.8) is 0 Å². The van der Waals surface area contributed by atoms with E-state index in [1.54, 1.807) is 6.07 Å². The highest BCUT2D eigenvalue weighted by Gasteiger charge is 2.09. The van der Waals surface area contributed by atoms with Crippen LogP contribution >= 0.6 is 0 Å². The van der Waals surface area contributed by atoms with E-state index in [-0.39, 0.29) is 24.5 Å². The van der Waals surface area contributed by atoms with Crippen LogP contribution < -0.4 is 14.8 Å². The smallest absolute Gasteiger partial charge is 0.220 e. The van der Waals surface area contributed by atoms with Gasteiger partial charge in [0.25, 0.3) is 0 Å². The molecule has 0 aliphatic carbocycles. The van der Waals surface area contributed by atoms with Gasteiger partial charge in [-0.15, -0.1) is 0 Å². The van der Waals surface area contributed by atoms with Crippen LogP contribution in [0.25, 0.3) is 0 Å². The molecule has 1 N–H and O–H groups in total. The SMILES string of the molecule is CCOc1ccccc1OCCNC(=O)CCC(=O)c1ccc(F)cc1. The molecule has 0 saturated heterocycles. The van der Waals surface area contributed by atoms with E-state index in [1.165, 1.54) is 24.3 Å². The van der Waals surface area contributed by atoms with Crippen molar-refractivity contribution in [2.45, 2.75) is 19.8 Å². The molecule has 0 radical (unpaired) electrons. The molecule has 0 atom stereocenters. The Hall–Kier alpha value is -2.89. The fourth-order valence-corrected chi connectivity index (χ4v) is 2.29. The number of amides is 1. The van der Waals surface area contributed by atoms with Crippen molar-refractivity contribution in [3.8, 4) is 11.5 Å². The van der Waals surface area contributed by atoms with Gasteiger partial charge in [-0.05, 0) is 43.3 Å². The van der Waals surface area contributed by atoms with Crippen LogP contribution in [0.3, 0.4) is 0 Å². The molecule has 2 aromatic rings. The highest BCUT2D eigenvalue weighted by molar-refractivity contribution is 5.97. The normalized spacial score (nSPS) is 10.2. The van der Waals surface area contributed by atoms with Crippen LogP contribution in [0, 0.1) is 5.82 Å². The van der Waals surface area contributed by atoms with Crippen molar-refractivity contribution in [2.75, 3.05) is 19.8 Å². The molecule has 6 heteroatoms. The molecule has 0 spiro atoms. The lowest BCUT2D eigenvalue weighted by Crippen LogP contribution is -2.28. The summed E-state index contributed by atoms with van der Waals surface area (Å²) in [4.78, 5) is 23.7. The lowest BCUT2D eigenvalue weighted by molar-refractivity contribution is -0.121. The van der Waals surface area contributed by atoms with Gasteiger partial charge >= 0.3 is 0 Å². The number of nitrogens with one attached hydrogen (secondary N) is 1. The summed E-state index contributed by atoms with van der Waals surface area (Å²) in [5.41, 5.74) is 0.398. The average Bonchev–Trinajstić information content (AvgIpc) is 2.65. The Morgan fingerprint density at radius 2 is 1.62 bits per heavy atom. The number of rotatable bonds is 10. The molecular formula is C20H22FNO4. The Balaban J connectivity index is 1.68. The van der Waals surface area contributed by atoms with E-state index in [4.69, 9.17) is 9.47 Å². The fraction of sp³-hybridized carbons (Fsp3) is 0.300. The van der Waals surface area contributed by atoms with Crippen LogP contribution in [0.15, 0.2) is 48.5 Å². The number of ketones is 1. The van der Waals surface area contributed by atoms with E-state index in [0.29, 0.717) is 36.8 Å². The second-order valence-electron chi connectivity index (χ2n) is 5.51. The Bertz CT molecular complexity index is 731. The quantitative estimate of drug-likeness (QED) is 0.522. The monoisotopic (exact) mass is 359 g/mol. The minimum atomic E-state index is -0.398. The Kier molecular flexibility index (Phi) is 7.61. The van der Waals surface area contributed by atoms with Crippen molar-refractivity contribution in [2.24, 2.45) is 0 Å². The largest absolute Gasteiger partial charge is 0.490 e. The number of hydrogen-bond acceptors (Lipinski definition) is 4. The second-order valence-corrected chi connectivity index (χ2v) is 5.51. The third kappa shape index (κ3) is 6.20. The summed E-state index contributed by atoms with van der Waals surface area (Å²) in [5, 5.41) is 2.70. The zero-order valence-electron chi connectivity index (χ0n) is 14.7. The first-order chi connectivity index (χ1) is 12.6. The Morgan fingerprint density at radius 1 is 0.962 bits per heavy atom. The minimum absolute atomic E-state index is 0.0749. The van der Waals surface area contributed by atoms with Gasteiger partial charge in [-0.2, -0.15) is 0 Å². The van der Waals surface area contributed by atoms with E-state index >= 15 is 0 Å². The van der Waals surface area contributed by atoms with Gasteiger partial charge in [-0.1, -0.05) is 12.1 Å². The maximum absolute atomic E-state index is 12.8. The van der Waals surface area contributed by atoms with E-state index in [0.717, 1.165) is 0 Å². The van der Waals surface area contributed by atoms with Crippen molar-refractivity contribution in [1.82, 2.24) is 5.32 Å². The van der Waals surface area contributed by atoms with E-state index in [1.807, 2.05) is 25.1 Å². The zero-order valence-corrected chi connectivity index (χ0v) is 14.7. The van der Waals surface area contributed by atoms with Crippen LogP contribution in [0.4, 0.5) is 4.39 Å². The summed E-state index contributed by atoms with van der Waals surface area (Å²) >= 11 is 0. The molecular weight excluding hydrogens is 337 g/mol. The van der Waals surface area contributed by atoms with Crippen molar-refractivity contribution in [3.05, 3.63) is 59.9 Å². The van der Waals surface area contributed by atoms with Gasteiger partial charge in [0.15, 0.2) is 17.3 Å². The summed E-state index contributed by atoms with van der Waals surface area (Å²) in [6.07, 6.45) is 0.150. The van der Waals surface area contributed by atoms with Crippen molar-refractivity contribution in [1.29, 1.82) is 0 Å². The zero-order chi connectivity index (χ0) is 18.8. The maximum Gasteiger partial charge on any atom is 0.220 e. The highest BCUT2D eigenvalue weighted by atomic mass is 19.1. The number of halogens is 1. The molecule has 0 saturated carbocycles. The number of carbonyl (C=O) groups excluding carboxylic acids is 2. The predicted octanol–water partition coefficient (Wildman–Crippen LogP) is 3.38. The first-order valence-corrected chi connectivity index (χ1v) is 8.50. The summed E-state index contributed by atoms with van der Waals surface area (Å²) in [5.74, 6) is 0.454. The van der Waals surface area contributed by atoms with Gasteiger partial charge in [0.05, 0.1) is 13.2 Å². The molecule has 0 bridgehead atoms. The third-order valence-electron chi connectivity index (χ3n) is 3.58. The van der Waals surface area contributed by atoms with E-state index in [2.05, 4.69) is 5.32 Å². The number of para-hydroxylation sites is 2. The van der Waals surface area contributed by atoms with Gasteiger partial charge in [-0.25, -0.2) is 4.39 Å². The minimum Gasteiger partial charge on any atom is -0.490 e. The number of hydrogen-bond donors (Lipinski definition) is 1. The maximum atomic E-state index is 12.8. The topological polar surface area (TPSA) is 64.6 Å². The first kappa shape index (κ1) is 19.4. The number of carbonyl (C=O) groups is 2. The average molecular weight is 359 g/mol. The second kappa shape index (κ2) is 10.2. The number of benzene rings is 2. The van der Waals surface area contributed by atoms with Crippen LogP contribution in [-0.4, -0.2) is 31.4 Å². The summed E-state index contributed by atoms with van der Waals surface area (Å²) in [7, 11) is 0. The third-order valence-corrected chi connectivity index (χ3v) is 3.58. The predicted molar refractivity (Wildman–Crippen MR) is 96.1 cm³/mol. The standard InChI is InChI=1S/C20H22FNO4/c1-2-25-18-5-3-4-6-19(18)26-14-13-22-20(24)12-11-17(23)15-7-9-16(21)10-8-15/h3-10H,2,11-14H2,1H3,(H,22,24). The summed E-state index contributed by atoms with van der Waals surface area (Å²) in [6.45, 7) is 3.05.